The van der Waals surface area contributed by atoms with Crippen molar-refractivity contribution in [1.29, 1.82) is 0 Å². The Morgan fingerprint density at radius 1 is 1.06 bits per heavy atom. The minimum Gasteiger partial charge on any atom is -0.310 e. The Morgan fingerprint density at radius 3 is 2.76 bits per heavy atom. The zero-order valence-corrected chi connectivity index (χ0v) is 10.6. The minimum absolute atomic E-state index is 0.626. The Morgan fingerprint density at radius 2 is 1.88 bits per heavy atom. The number of benzene rings is 1. The van der Waals surface area contributed by atoms with Crippen LogP contribution in [0.4, 0.5) is 0 Å². The van der Waals surface area contributed by atoms with E-state index in [1.165, 1.54) is 44.9 Å². The van der Waals surface area contributed by atoms with Gasteiger partial charge in [-0.1, -0.05) is 49.9 Å². The Hall–Kier alpha value is -0.820. The van der Waals surface area contributed by atoms with Crippen LogP contribution in [-0.2, 0) is 6.42 Å². The number of nitrogens with one attached hydrogen (secondary N) is 1. The van der Waals surface area contributed by atoms with Crippen molar-refractivity contribution in [3.63, 3.8) is 0 Å². The van der Waals surface area contributed by atoms with Crippen LogP contribution in [0, 0.1) is 5.92 Å². The fourth-order valence-corrected chi connectivity index (χ4v) is 3.55. The second kappa shape index (κ2) is 5.22. The van der Waals surface area contributed by atoms with Gasteiger partial charge in [-0.2, -0.15) is 0 Å². The molecule has 0 aromatic heterocycles. The molecule has 1 aromatic rings. The highest BCUT2D eigenvalue weighted by atomic mass is 14.9. The first-order valence-corrected chi connectivity index (χ1v) is 7.24. The Labute approximate surface area is 105 Å². The normalized spacial score (nSPS) is 24.8. The smallest absolute Gasteiger partial charge is 0.0323 e. The highest BCUT2D eigenvalue weighted by molar-refractivity contribution is 5.32. The van der Waals surface area contributed by atoms with E-state index in [2.05, 4.69) is 29.6 Å². The van der Waals surface area contributed by atoms with Gasteiger partial charge in [0.05, 0.1) is 0 Å². The molecule has 1 N–H and O–H groups in total. The van der Waals surface area contributed by atoms with Crippen molar-refractivity contribution in [2.75, 3.05) is 6.54 Å². The monoisotopic (exact) mass is 229 g/mol. The summed E-state index contributed by atoms with van der Waals surface area (Å²) in [5.74, 6) is 1.02. The van der Waals surface area contributed by atoms with Crippen LogP contribution in [0.25, 0.3) is 0 Å². The lowest BCUT2D eigenvalue weighted by Gasteiger charge is -2.27. The number of fused-ring (bicyclic) bond motifs is 1. The van der Waals surface area contributed by atoms with Crippen molar-refractivity contribution >= 4 is 0 Å². The van der Waals surface area contributed by atoms with E-state index in [9.17, 15) is 0 Å². The lowest BCUT2D eigenvalue weighted by Crippen LogP contribution is -2.30. The molecule has 1 atom stereocenters. The van der Waals surface area contributed by atoms with Gasteiger partial charge in [0, 0.05) is 6.04 Å². The summed E-state index contributed by atoms with van der Waals surface area (Å²) in [6.07, 6.45) is 9.87. The van der Waals surface area contributed by atoms with Crippen molar-refractivity contribution in [3.05, 3.63) is 35.4 Å². The van der Waals surface area contributed by atoms with Crippen molar-refractivity contribution in [1.82, 2.24) is 5.32 Å². The summed E-state index contributed by atoms with van der Waals surface area (Å²) in [5.41, 5.74) is 3.14. The maximum Gasteiger partial charge on any atom is 0.0323 e. The lowest BCUT2D eigenvalue weighted by atomic mass is 9.89. The topological polar surface area (TPSA) is 12.0 Å². The zero-order chi connectivity index (χ0) is 11.5. The summed E-state index contributed by atoms with van der Waals surface area (Å²) in [4.78, 5) is 0. The average Bonchev–Trinajstić information content (AvgIpc) is 2.89. The third-order valence-electron chi connectivity index (χ3n) is 4.55. The van der Waals surface area contributed by atoms with Gasteiger partial charge in [0.15, 0.2) is 0 Å². The van der Waals surface area contributed by atoms with E-state index in [0.717, 1.165) is 12.5 Å². The molecule has 3 rings (SSSR count). The number of rotatable bonds is 3. The van der Waals surface area contributed by atoms with E-state index < -0.39 is 0 Å². The van der Waals surface area contributed by atoms with Gasteiger partial charge < -0.3 is 5.32 Å². The van der Waals surface area contributed by atoms with Gasteiger partial charge in [0.2, 0.25) is 0 Å². The molecule has 17 heavy (non-hydrogen) atoms. The summed E-state index contributed by atoms with van der Waals surface area (Å²) < 4.78 is 0. The van der Waals surface area contributed by atoms with E-state index in [0.29, 0.717) is 6.04 Å². The highest BCUT2D eigenvalue weighted by Crippen LogP contribution is 2.33. The molecular weight excluding hydrogens is 206 g/mol. The van der Waals surface area contributed by atoms with E-state index in [-0.39, 0.29) is 0 Å². The van der Waals surface area contributed by atoms with Crippen molar-refractivity contribution in [3.8, 4) is 0 Å². The molecule has 0 spiro atoms. The van der Waals surface area contributed by atoms with Gasteiger partial charge >= 0.3 is 0 Å². The predicted molar refractivity (Wildman–Crippen MR) is 72.1 cm³/mol. The second-order valence-electron chi connectivity index (χ2n) is 5.68. The SMILES string of the molecule is c1ccc2c(c1)CCNC2CCC1CCCC1. The van der Waals surface area contributed by atoms with Crippen LogP contribution in [0.5, 0.6) is 0 Å². The molecule has 1 aromatic carbocycles. The average molecular weight is 229 g/mol. The lowest BCUT2D eigenvalue weighted by molar-refractivity contribution is 0.401. The predicted octanol–water partition coefficient (Wildman–Crippen LogP) is 3.84. The van der Waals surface area contributed by atoms with Crippen LogP contribution >= 0.6 is 0 Å². The molecule has 1 fully saturated rings. The van der Waals surface area contributed by atoms with E-state index in [1.54, 1.807) is 11.1 Å². The van der Waals surface area contributed by atoms with Gasteiger partial charge in [-0.25, -0.2) is 0 Å². The molecule has 1 saturated carbocycles. The number of hydrogen-bond donors (Lipinski definition) is 1. The van der Waals surface area contributed by atoms with Gasteiger partial charge in [-0.3, -0.25) is 0 Å². The van der Waals surface area contributed by atoms with E-state index >= 15 is 0 Å². The summed E-state index contributed by atoms with van der Waals surface area (Å²) in [7, 11) is 0. The van der Waals surface area contributed by atoms with Crippen molar-refractivity contribution in [2.24, 2.45) is 5.92 Å². The summed E-state index contributed by atoms with van der Waals surface area (Å²) >= 11 is 0. The number of hydrogen-bond acceptors (Lipinski definition) is 1. The molecule has 0 bridgehead atoms. The van der Waals surface area contributed by atoms with Crippen molar-refractivity contribution < 1.29 is 0 Å². The fourth-order valence-electron chi connectivity index (χ4n) is 3.55. The maximum atomic E-state index is 3.70. The molecule has 1 aliphatic carbocycles. The largest absolute Gasteiger partial charge is 0.310 e. The summed E-state index contributed by atoms with van der Waals surface area (Å²) in [5, 5.41) is 3.70. The maximum absolute atomic E-state index is 3.70. The molecule has 0 radical (unpaired) electrons. The Balaban J connectivity index is 1.64. The molecule has 2 aliphatic rings. The van der Waals surface area contributed by atoms with Crippen LogP contribution in [0.2, 0.25) is 0 Å². The van der Waals surface area contributed by atoms with Crippen LogP contribution in [0.15, 0.2) is 24.3 Å². The Kier molecular flexibility index (Phi) is 3.46. The molecule has 0 saturated heterocycles. The van der Waals surface area contributed by atoms with E-state index in [1.807, 2.05) is 0 Å². The fraction of sp³-hybridized carbons (Fsp3) is 0.625. The molecule has 1 aliphatic heterocycles. The molecule has 1 nitrogen and oxygen atoms in total. The van der Waals surface area contributed by atoms with Gasteiger partial charge in [0.1, 0.15) is 0 Å². The van der Waals surface area contributed by atoms with Crippen LogP contribution in [0.1, 0.15) is 55.7 Å². The molecule has 0 amide bonds. The third-order valence-corrected chi connectivity index (χ3v) is 4.55. The third kappa shape index (κ3) is 2.55. The van der Waals surface area contributed by atoms with Gasteiger partial charge in [-0.05, 0) is 42.9 Å². The molecule has 1 unspecified atom stereocenters. The molecule has 92 valence electrons. The minimum atomic E-state index is 0.626. The van der Waals surface area contributed by atoms with Crippen LogP contribution in [0.3, 0.4) is 0 Å². The molecule has 1 heteroatoms. The molecule has 1 heterocycles. The first-order chi connectivity index (χ1) is 8.43. The second-order valence-corrected chi connectivity index (χ2v) is 5.68. The molecular formula is C16H23N. The summed E-state index contributed by atoms with van der Waals surface area (Å²) in [6.45, 7) is 1.16. The Bertz CT molecular complexity index is 366. The quantitative estimate of drug-likeness (QED) is 0.830. The highest BCUT2D eigenvalue weighted by Gasteiger charge is 2.21. The zero-order valence-electron chi connectivity index (χ0n) is 10.6. The van der Waals surface area contributed by atoms with Crippen molar-refractivity contribution in [2.45, 2.75) is 51.0 Å². The standard InChI is InChI=1S/C16H23N/c1-2-6-13(5-1)9-10-16-15-8-4-3-7-14(15)11-12-17-16/h3-4,7-8,13,16-17H,1-2,5-6,9-12H2. The first kappa shape index (κ1) is 11.3. The van der Waals surface area contributed by atoms with E-state index in [4.69, 9.17) is 0 Å². The van der Waals surface area contributed by atoms with Crippen LogP contribution < -0.4 is 5.32 Å². The first-order valence-electron chi connectivity index (χ1n) is 7.24. The van der Waals surface area contributed by atoms with Crippen LogP contribution in [-0.4, -0.2) is 6.54 Å². The summed E-state index contributed by atoms with van der Waals surface area (Å²) in [6, 6.07) is 9.62. The van der Waals surface area contributed by atoms with Gasteiger partial charge in [-0.15, -0.1) is 0 Å². The van der Waals surface area contributed by atoms with Gasteiger partial charge in [0.25, 0.3) is 0 Å².